The molecule has 178 valence electrons. The Balaban J connectivity index is 1.73. The fraction of sp³-hybridized carbons (Fsp3) is 0.130. The second-order valence-electron chi connectivity index (χ2n) is 7.77. The van der Waals surface area contributed by atoms with Crippen LogP contribution in [0.5, 0.6) is 0 Å². The summed E-state index contributed by atoms with van der Waals surface area (Å²) in [6.45, 7) is -0.209. The monoisotopic (exact) mass is 516 g/mol. The lowest BCUT2D eigenvalue weighted by Crippen LogP contribution is -2.40. The standard InChI is InChI=1S/C23H16Cl2F2N6O2/c1-28-23(35)22-32-21(31-20-13-7-11(27)8-16(25)12(13)4-5-29-20)19-18(30-17(34)9-33(19)22)14-6-10(26)2-3-15(14)24/h2-8,18H,9H2,1H3,(H,28,35)(H,29,31)(H,30,34). The number of hydrogen-bond donors (Lipinski definition) is 3. The molecule has 0 saturated heterocycles. The van der Waals surface area contributed by atoms with Crippen LogP contribution in [0.3, 0.4) is 0 Å². The number of nitrogens with one attached hydrogen (secondary N) is 3. The molecule has 3 heterocycles. The van der Waals surface area contributed by atoms with Gasteiger partial charge in [0.15, 0.2) is 5.82 Å². The van der Waals surface area contributed by atoms with E-state index >= 15 is 0 Å². The number of nitrogens with zero attached hydrogens (tertiary/aromatic N) is 3. The van der Waals surface area contributed by atoms with Gasteiger partial charge in [-0.05, 0) is 36.4 Å². The Morgan fingerprint density at radius 3 is 2.66 bits per heavy atom. The van der Waals surface area contributed by atoms with Crippen LogP contribution in [0.2, 0.25) is 10.0 Å². The normalized spacial score (nSPS) is 15.0. The summed E-state index contributed by atoms with van der Waals surface area (Å²) in [5.41, 5.74) is 0.615. The van der Waals surface area contributed by atoms with Crippen molar-refractivity contribution < 1.29 is 18.4 Å². The van der Waals surface area contributed by atoms with E-state index in [4.69, 9.17) is 23.2 Å². The number of benzene rings is 2. The molecule has 2 aromatic carbocycles. The summed E-state index contributed by atoms with van der Waals surface area (Å²) >= 11 is 12.6. The summed E-state index contributed by atoms with van der Waals surface area (Å²) in [4.78, 5) is 33.9. The number of halogens is 4. The van der Waals surface area contributed by atoms with Crippen LogP contribution in [0, 0.1) is 11.6 Å². The summed E-state index contributed by atoms with van der Waals surface area (Å²) in [5, 5.41) is 9.64. The number of rotatable bonds is 4. The van der Waals surface area contributed by atoms with Crippen molar-refractivity contribution >= 4 is 57.4 Å². The van der Waals surface area contributed by atoms with Gasteiger partial charge >= 0.3 is 0 Å². The zero-order valence-electron chi connectivity index (χ0n) is 18.0. The molecule has 3 N–H and O–H groups in total. The van der Waals surface area contributed by atoms with Crippen molar-refractivity contribution in [2.75, 3.05) is 12.4 Å². The van der Waals surface area contributed by atoms with E-state index in [1.54, 1.807) is 6.07 Å². The van der Waals surface area contributed by atoms with Gasteiger partial charge in [0.25, 0.3) is 5.91 Å². The molecular formula is C23H16Cl2F2N6O2. The van der Waals surface area contributed by atoms with Gasteiger partial charge in [-0.3, -0.25) is 9.59 Å². The van der Waals surface area contributed by atoms with Crippen molar-refractivity contribution in [3.05, 3.63) is 81.4 Å². The Bertz CT molecular complexity index is 1520. The molecule has 0 fully saturated rings. The predicted octanol–water partition coefficient (Wildman–Crippen LogP) is 4.34. The zero-order chi connectivity index (χ0) is 24.9. The Morgan fingerprint density at radius 2 is 1.89 bits per heavy atom. The number of carbonyl (C=O) groups excluding carboxylic acids is 2. The lowest BCUT2D eigenvalue weighted by atomic mass is 10.0. The maximum atomic E-state index is 14.1. The van der Waals surface area contributed by atoms with Gasteiger partial charge in [-0.25, -0.2) is 18.7 Å². The third-order valence-corrected chi connectivity index (χ3v) is 6.27. The summed E-state index contributed by atoms with van der Waals surface area (Å²) < 4.78 is 29.7. The highest BCUT2D eigenvalue weighted by Gasteiger charge is 2.35. The molecule has 1 aliphatic heterocycles. The first-order chi connectivity index (χ1) is 16.8. The summed E-state index contributed by atoms with van der Waals surface area (Å²) in [5.74, 6) is -1.78. The van der Waals surface area contributed by atoms with Crippen LogP contribution in [0.25, 0.3) is 10.8 Å². The molecule has 8 nitrogen and oxygen atoms in total. The van der Waals surface area contributed by atoms with Crippen LogP contribution in [-0.4, -0.2) is 33.4 Å². The molecule has 2 amide bonds. The van der Waals surface area contributed by atoms with Crippen molar-refractivity contribution in [3.63, 3.8) is 0 Å². The van der Waals surface area contributed by atoms with Gasteiger partial charge in [0, 0.05) is 34.6 Å². The average Bonchev–Trinajstić information content (AvgIpc) is 3.18. The van der Waals surface area contributed by atoms with Crippen LogP contribution in [0.1, 0.15) is 27.9 Å². The van der Waals surface area contributed by atoms with E-state index in [1.165, 1.54) is 48.1 Å². The van der Waals surface area contributed by atoms with Crippen molar-refractivity contribution in [1.29, 1.82) is 0 Å². The van der Waals surface area contributed by atoms with E-state index in [1.807, 2.05) is 0 Å². The Hall–Kier alpha value is -3.76. The minimum atomic E-state index is -0.942. The highest BCUT2D eigenvalue weighted by Crippen LogP contribution is 2.38. The van der Waals surface area contributed by atoms with Crippen molar-refractivity contribution in [2.24, 2.45) is 0 Å². The third-order valence-electron chi connectivity index (χ3n) is 5.62. The van der Waals surface area contributed by atoms with Crippen LogP contribution in [0.4, 0.5) is 20.4 Å². The number of amides is 2. The topological polar surface area (TPSA) is 101 Å². The summed E-state index contributed by atoms with van der Waals surface area (Å²) in [6, 6.07) is 6.91. The van der Waals surface area contributed by atoms with E-state index in [-0.39, 0.29) is 39.6 Å². The lowest BCUT2D eigenvalue weighted by molar-refractivity contribution is -0.123. The molecule has 1 unspecified atom stereocenters. The van der Waals surface area contributed by atoms with E-state index in [0.29, 0.717) is 16.5 Å². The van der Waals surface area contributed by atoms with Gasteiger partial charge in [0.05, 0.1) is 16.8 Å². The molecule has 0 spiro atoms. The van der Waals surface area contributed by atoms with E-state index in [0.717, 1.165) is 0 Å². The Morgan fingerprint density at radius 1 is 1.09 bits per heavy atom. The number of carbonyl (C=O) groups is 2. The maximum absolute atomic E-state index is 14.1. The van der Waals surface area contributed by atoms with Crippen molar-refractivity contribution in [3.8, 4) is 0 Å². The highest BCUT2D eigenvalue weighted by atomic mass is 35.5. The van der Waals surface area contributed by atoms with Crippen molar-refractivity contribution in [1.82, 2.24) is 25.2 Å². The highest BCUT2D eigenvalue weighted by molar-refractivity contribution is 6.35. The molecule has 1 atom stereocenters. The average molecular weight is 517 g/mol. The van der Waals surface area contributed by atoms with Crippen LogP contribution in [0.15, 0.2) is 42.6 Å². The lowest BCUT2D eigenvalue weighted by Gasteiger charge is -2.28. The molecule has 5 rings (SSSR count). The minimum Gasteiger partial charge on any atom is -0.352 e. The molecule has 12 heteroatoms. The molecular weight excluding hydrogens is 501 g/mol. The molecule has 0 bridgehead atoms. The fourth-order valence-corrected chi connectivity index (χ4v) is 4.59. The summed E-state index contributed by atoms with van der Waals surface area (Å²) in [6.07, 6.45) is 1.49. The molecule has 0 radical (unpaired) electrons. The second-order valence-corrected chi connectivity index (χ2v) is 8.58. The van der Waals surface area contributed by atoms with E-state index in [2.05, 4.69) is 25.9 Å². The SMILES string of the molecule is CNC(=O)c1nc(Nc2nccc3c(Cl)cc(F)cc23)c2n1CC(=O)NC2c1cc(F)ccc1Cl. The van der Waals surface area contributed by atoms with Crippen LogP contribution >= 0.6 is 23.2 Å². The zero-order valence-corrected chi connectivity index (χ0v) is 19.5. The number of fused-ring (bicyclic) bond motifs is 2. The van der Waals surface area contributed by atoms with E-state index < -0.39 is 29.5 Å². The molecule has 2 aromatic heterocycles. The van der Waals surface area contributed by atoms with Crippen molar-refractivity contribution in [2.45, 2.75) is 12.6 Å². The maximum Gasteiger partial charge on any atom is 0.287 e. The Labute approximate surface area is 207 Å². The number of aromatic nitrogens is 3. The molecule has 35 heavy (non-hydrogen) atoms. The van der Waals surface area contributed by atoms with E-state index in [9.17, 15) is 18.4 Å². The van der Waals surface area contributed by atoms with Gasteiger partial charge in [0.2, 0.25) is 11.7 Å². The first-order valence-corrected chi connectivity index (χ1v) is 11.1. The number of pyridine rings is 1. The minimum absolute atomic E-state index is 0.0539. The van der Waals surface area contributed by atoms with Gasteiger partial charge in [-0.1, -0.05) is 23.2 Å². The second kappa shape index (κ2) is 8.79. The molecule has 1 aliphatic rings. The summed E-state index contributed by atoms with van der Waals surface area (Å²) in [7, 11) is 1.43. The number of hydrogen-bond acceptors (Lipinski definition) is 5. The number of imidazole rings is 1. The first-order valence-electron chi connectivity index (χ1n) is 10.3. The van der Waals surface area contributed by atoms with Gasteiger partial charge in [-0.15, -0.1) is 0 Å². The molecule has 4 aromatic rings. The predicted molar refractivity (Wildman–Crippen MR) is 127 cm³/mol. The van der Waals surface area contributed by atoms with Gasteiger partial charge in [0.1, 0.15) is 24.0 Å². The molecule has 0 saturated carbocycles. The molecule has 0 aliphatic carbocycles. The van der Waals surface area contributed by atoms with Crippen LogP contribution < -0.4 is 16.0 Å². The Kier molecular flexibility index (Phi) is 5.78. The first kappa shape index (κ1) is 23.0. The van der Waals surface area contributed by atoms with Crippen LogP contribution in [-0.2, 0) is 11.3 Å². The number of anilines is 2. The van der Waals surface area contributed by atoms with Gasteiger partial charge in [-0.2, -0.15) is 0 Å². The largest absolute Gasteiger partial charge is 0.352 e. The third kappa shape index (κ3) is 4.04. The van der Waals surface area contributed by atoms with Gasteiger partial charge < -0.3 is 20.5 Å². The smallest absolute Gasteiger partial charge is 0.287 e. The fourth-order valence-electron chi connectivity index (χ4n) is 4.09. The quantitative estimate of drug-likeness (QED) is 0.374.